The summed E-state index contributed by atoms with van der Waals surface area (Å²) in [7, 11) is 1.83. The number of benzene rings is 2. The lowest BCUT2D eigenvalue weighted by atomic mass is 10.2. The van der Waals surface area contributed by atoms with Crippen LogP contribution in [0.3, 0.4) is 0 Å². The third kappa shape index (κ3) is 2.60. The van der Waals surface area contributed by atoms with Crippen LogP contribution in [0, 0.1) is 6.92 Å². The Morgan fingerprint density at radius 2 is 1.64 bits per heavy atom. The highest BCUT2D eigenvalue weighted by atomic mass is 32.2. The molecule has 0 N–H and O–H groups in total. The maximum Gasteiger partial charge on any atom is 0.295 e. The van der Waals surface area contributed by atoms with Gasteiger partial charge in [0.25, 0.3) is 11.1 Å². The molecule has 1 unspecified atom stereocenters. The van der Waals surface area contributed by atoms with Gasteiger partial charge in [-0.05, 0) is 43.0 Å². The Balaban J connectivity index is 1.87. The SMILES string of the molecule is Cc1ccc(N2C(=O)SC(N(C)c3ccccc3)C2=O)cc1. The van der Waals surface area contributed by atoms with Gasteiger partial charge in [-0.1, -0.05) is 35.9 Å². The molecule has 1 aliphatic rings. The number of thioether (sulfide) groups is 1. The van der Waals surface area contributed by atoms with Crippen molar-refractivity contribution >= 4 is 34.3 Å². The molecule has 1 heterocycles. The first-order valence-corrected chi connectivity index (χ1v) is 7.85. The molecule has 0 aromatic heterocycles. The van der Waals surface area contributed by atoms with Crippen molar-refractivity contribution in [3.63, 3.8) is 0 Å². The lowest BCUT2D eigenvalue weighted by molar-refractivity contribution is -0.116. The van der Waals surface area contributed by atoms with Gasteiger partial charge in [0.15, 0.2) is 5.37 Å². The van der Waals surface area contributed by atoms with Gasteiger partial charge in [0.1, 0.15) is 0 Å². The zero-order chi connectivity index (χ0) is 15.7. The van der Waals surface area contributed by atoms with E-state index in [0.29, 0.717) is 5.69 Å². The highest BCUT2D eigenvalue weighted by Gasteiger charge is 2.43. The van der Waals surface area contributed by atoms with E-state index in [1.54, 1.807) is 12.1 Å². The van der Waals surface area contributed by atoms with Crippen molar-refractivity contribution in [2.75, 3.05) is 16.8 Å². The van der Waals surface area contributed by atoms with Gasteiger partial charge in [-0.3, -0.25) is 9.59 Å². The molecule has 1 atom stereocenters. The lowest BCUT2D eigenvalue weighted by Gasteiger charge is -2.24. The highest BCUT2D eigenvalue weighted by molar-refractivity contribution is 8.16. The van der Waals surface area contributed by atoms with Gasteiger partial charge in [0, 0.05) is 12.7 Å². The molecule has 2 aromatic rings. The zero-order valence-electron chi connectivity index (χ0n) is 12.4. The number of rotatable bonds is 3. The van der Waals surface area contributed by atoms with Crippen LogP contribution in [0.1, 0.15) is 5.56 Å². The quantitative estimate of drug-likeness (QED) is 0.867. The van der Waals surface area contributed by atoms with Crippen LogP contribution in [0.2, 0.25) is 0 Å². The maximum absolute atomic E-state index is 12.7. The summed E-state index contributed by atoms with van der Waals surface area (Å²) in [5.41, 5.74) is 2.62. The number of para-hydroxylation sites is 1. The monoisotopic (exact) mass is 312 g/mol. The standard InChI is InChI=1S/C17H16N2O2S/c1-12-8-10-14(11-9-12)19-15(20)16(22-17(19)21)18(2)13-6-4-3-5-7-13/h3-11,16H,1-2H3. The molecule has 4 nitrogen and oxygen atoms in total. The molecule has 0 bridgehead atoms. The number of carbonyl (C=O) groups is 2. The lowest BCUT2D eigenvalue weighted by Crippen LogP contribution is -2.39. The van der Waals surface area contributed by atoms with Crippen LogP contribution in [-0.2, 0) is 4.79 Å². The largest absolute Gasteiger partial charge is 0.354 e. The van der Waals surface area contributed by atoms with Crippen LogP contribution in [0.4, 0.5) is 16.2 Å². The van der Waals surface area contributed by atoms with E-state index in [1.807, 2.05) is 61.3 Å². The average molecular weight is 312 g/mol. The van der Waals surface area contributed by atoms with Gasteiger partial charge >= 0.3 is 0 Å². The van der Waals surface area contributed by atoms with Crippen LogP contribution < -0.4 is 9.80 Å². The van der Waals surface area contributed by atoms with E-state index in [1.165, 1.54) is 4.90 Å². The van der Waals surface area contributed by atoms with Crippen molar-refractivity contribution < 1.29 is 9.59 Å². The van der Waals surface area contributed by atoms with Crippen molar-refractivity contribution in [2.24, 2.45) is 0 Å². The number of imide groups is 1. The number of anilines is 2. The van der Waals surface area contributed by atoms with Crippen LogP contribution in [0.5, 0.6) is 0 Å². The van der Waals surface area contributed by atoms with Crippen LogP contribution in [0.25, 0.3) is 0 Å². The Hall–Kier alpha value is -2.27. The van der Waals surface area contributed by atoms with Gasteiger partial charge in [-0.15, -0.1) is 0 Å². The summed E-state index contributed by atoms with van der Waals surface area (Å²) in [6, 6.07) is 17.0. The fourth-order valence-corrected chi connectivity index (χ4v) is 3.35. The molecule has 1 aliphatic heterocycles. The molecule has 2 amide bonds. The molecular formula is C17H16N2O2S. The van der Waals surface area contributed by atoms with E-state index in [4.69, 9.17) is 0 Å². The second kappa shape index (κ2) is 5.85. The Kier molecular flexibility index (Phi) is 3.90. The smallest absolute Gasteiger partial charge is 0.295 e. The molecule has 0 aliphatic carbocycles. The van der Waals surface area contributed by atoms with Crippen molar-refractivity contribution in [3.8, 4) is 0 Å². The Labute approximate surface area is 133 Å². The van der Waals surface area contributed by atoms with Gasteiger partial charge in [0.2, 0.25) is 0 Å². The third-order valence-electron chi connectivity index (χ3n) is 3.63. The fourth-order valence-electron chi connectivity index (χ4n) is 2.37. The van der Waals surface area contributed by atoms with E-state index in [2.05, 4.69) is 0 Å². The van der Waals surface area contributed by atoms with E-state index in [0.717, 1.165) is 23.0 Å². The van der Waals surface area contributed by atoms with E-state index in [9.17, 15) is 9.59 Å². The minimum absolute atomic E-state index is 0.204. The van der Waals surface area contributed by atoms with Crippen LogP contribution >= 0.6 is 11.8 Å². The molecule has 3 rings (SSSR count). The summed E-state index contributed by atoms with van der Waals surface area (Å²) < 4.78 is 0. The summed E-state index contributed by atoms with van der Waals surface area (Å²) in [6.45, 7) is 1.97. The topological polar surface area (TPSA) is 40.6 Å². The predicted octanol–water partition coefficient (Wildman–Crippen LogP) is 3.66. The number of nitrogens with zero attached hydrogens (tertiary/aromatic N) is 2. The van der Waals surface area contributed by atoms with Crippen molar-refractivity contribution in [3.05, 3.63) is 60.2 Å². The number of amides is 2. The molecule has 1 fully saturated rings. The van der Waals surface area contributed by atoms with Gasteiger partial charge in [-0.25, -0.2) is 4.90 Å². The van der Waals surface area contributed by atoms with Gasteiger partial charge in [-0.2, -0.15) is 0 Å². The van der Waals surface area contributed by atoms with E-state index < -0.39 is 5.37 Å². The van der Waals surface area contributed by atoms with Gasteiger partial charge in [0.05, 0.1) is 5.69 Å². The first-order valence-electron chi connectivity index (χ1n) is 6.97. The first kappa shape index (κ1) is 14.7. The summed E-state index contributed by atoms with van der Waals surface area (Å²) >= 11 is 1.05. The molecule has 22 heavy (non-hydrogen) atoms. The summed E-state index contributed by atoms with van der Waals surface area (Å²) in [6.07, 6.45) is 0. The van der Waals surface area contributed by atoms with Crippen molar-refractivity contribution in [1.82, 2.24) is 0 Å². The molecule has 5 heteroatoms. The maximum atomic E-state index is 12.7. The minimum Gasteiger partial charge on any atom is -0.354 e. The molecule has 0 spiro atoms. The number of carbonyl (C=O) groups excluding carboxylic acids is 2. The molecule has 2 aromatic carbocycles. The van der Waals surface area contributed by atoms with Crippen molar-refractivity contribution in [1.29, 1.82) is 0 Å². The third-order valence-corrected chi connectivity index (χ3v) is 4.76. The minimum atomic E-state index is -0.531. The molecule has 1 saturated heterocycles. The molecule has 0 radical (unpaired) electrons. The van der Waals surface area contributed by atoms with Crippen molar-refractivity contribution in [2.45, 2.75) is 12.3 Å². The summed E-state index contributed by atoms with van der Waals surface area (Å²) in [5, 5.41) is -0.766. The van der Waals surface area contributed by atoms with Crippen LogP contribution in [0.15, 0.2) is 54.6 Å². The second-order valence-corrected chi connectivity index (χ2v) is 6.22. The predicted molar refractivity (Wildman–Crippen MR) is 90.3 cm³/mol. The normalized spacial score (nSPS) is 17.9. The highest BCUT2D eigenvalue weighted by Crippen LogP contribution is 2.34. The number of aryl methyl sites for hydroxylation is 1. The zero-order valence-corrected chi connectivity index (χ0v) is 13.2. The Bertz CT molecular complexity index is 700. The second-order valence-electron chi connectivity index (χ2n) is 5.19. The van der Waals surface area contributed by atoms with Gasteiger partial charge < -0.3 is 4.90 Å². The molecule has 0 saturated carbocycles. The molecule has 112 valence electrons. The Morgan fingerprint density at radius 3 is 2.27 bits per heavy atom. The number of likely N-dealkylation sites (N-methyl/N-ethyl adjacent to an activating group) is 1. The summed E-state index contributed by atoms with van der Waals surface area (Å²) in [5.74, 6) is -0.204. The first-order chi connectivity index (χ1) is 10.6. The number of hydrogen-bond donors (Lipinski definition) is 0. The van der Waals surface area contributed by atoms with Crippen LogP contribution in [-0.4, -0.2) is 23.6 Å². The van der Waals surface area contributed by atoms with E-state index in [-0.39, 0.29) is 11.1 Å². The van der Waals surface area contributed by atoms with E-state index >= 15 is 0 Å². The summed E-state index contributed by atoms with van der Waals surface area (Å²) in [4.78, 5) is 28.0. The molecular weight excluding hydrogens is 296 g/mol. The number of hydrogen-bond acceptors (Lipinski definition) is 4. The Morgan fingerprint density at radius 1 is 1.00 bits per heavy atom. The fraction of sp³-hybridized carbons (Fsp3) is 0.176. The average Bonchev–Trinajstić information content (AvgIpc) is 2.83.